The lowest BCUT2D eigenvalue weighted by Gasteiger charge is -2.32. The number of hydrogen-bond donors (Lipinski definition) is 2. The van der Waals surface area contributed by atoms with Crippen LogP contribution < -0.4 is 11.1 Å². The predicted octanol–water partition coefficient (Wildman–Crippen LogP) is -0.0493. The molecule has 0 radical (unpaired) electrons. The van der Waals surface area contributed by atoms with Gasteiger partial charge in [0, 0.05) is 19.6 Å². The van der Waals surface area contributed by atoms with Crippen LogP contribution in [0.4, 0.5) is 0 Å². The fourth-order valence-corrected chi connectivity index (χ4v) is 1.76. The van der Waals surface area contributed by atoms with E-state index < -0.39 is 5.54 Å². The van der Waals surface area contributed by atoms with Gasteiger partial charge in [-0.3, -0.25) is 9.69 Å². The molecule has 1 rings (SSSR count). The minimum absolute atomic E-state index is 0.0836. The molecule has 5 heteroatoms. The first-order valence-electron chi connectivity index (χ1n) is 6.40. The second-order valence-electron chi connectivity index (χ2n) is 4.87. The fraction of sp³-hybridized carbons (Fsp3) is 0.917. The molecule has 2 atom stereocenters. The van der Waals surface area contributed by atoms with Crippen molar-refractivity contribution in [3.05, 3.63) is 0 Å². The molecule has 1 aliphatic heterocycles. The molecule has 0 aliphatic carbocycles. The van der Waals surface area contributed by atoms with Gasteiger partial charge in [0.05, 0.1) is 18.2 Å². The Kier molecular flexibility index (Phi) is 5.36. The van der Waals surface area contributed by atoms with Gasteiger partial charge < -0.3 is 15.8 Å². The topological polar surface area (TPSA) is 67.6 Å². The number of nitrogens with two attached hydrogens (primary N) is 1. The molecule has 0 bridgehead atoms. The van der Waals surface area contributed by atoms with Gasteiger partial charge in [-0.1, -0.05) is 13.8 Å². The van der Waals surface area contributed by atoms with Crippen LogP contribution in [0.5, 0.6) is 0 Å². The molecule has 0 aromatic carbocycles. The zero-order valence-electron chi connectivity index (χ0n) is 11.2. The summed E-state index contributed by atoms with van der Waals surface area (Å²) in [6.45, 7) is 9.96. The van der Waals surface area contributed by atoms with E-state index in [0.717, 1.165) is 26.2 Å². The Morgan fingerprint density at radius 3 is 2.88 bits per heavy atom. The van der Waals surface area contributed by atoms with E-state index in [9.17, 15) is 4.79 Å². The van der Waals surface area contributed by atoms with Crippen molar-refractivity contribution in [2.45, 2.75) is 38.8 Å². The number of hydrogen-bond acceptors (Lipinski definition) is 4. The van der Waals surface area contributed by atoms with Crippen molar-refractivity contribution >= 4 is 5.91 Å². The highest BCUT2D eigenvalue weighted by Crippen LogP contribution is 2.06. The molecule has 1 heterocycles. The van der Waals surface area contributed by atoms with E-state index in [2.05, 4.69) is 17.1 Å². The van der Waals surface area contributed by atoms with Gasteiger partial charge in [-0.25, -0.2) is 0 Å². The number of amides is 1. The average molecular weight is 243 g/mol. The second kappa shape index (κ2) is 6.33. The molecule has 0 aromatic rings. The maximum atomic E-state index is 11.8. The maximum Gasteiger partial charge on any atom is 0.239 e. The number of carbonyl (C=O) groups excluding carboxylic acids is 1. The first-order chi connectivity index (χ1) is 7.99. The van der Waals surface area contributed by atoms with E-state index in [-0.39, 0.29) is 12.0 Å². The van der Waals surface area contributed by atoms with Crippen LogP contribution in [0.1, 0.15) is 27.2 Å². The molecular weight excluding hydrogens is 218 g/mol. The highest BCUT2D eigenvalue weighted by Gasteiger charge is 2.27. The third-order valence-corrected chi connectivity index (χ3v) is 3.41. The first kappa shape index (κ1) is 14.4. The molecule has 1 fully saturated rings. The van der Waals surface area contributed by atoms with Crippen molar-refractivity contribution in [2.75, 3.05) is 32.8 Å². The largest absolute Gasteiger partial charge is 0.374 e. The van der Waals surface area contributed by atoms with Crippen molar-refractivity contribution in [1.29, 1.82) is 0 Å². The van der Waals surface area contributed by atoms with Gasteiger partial charge in [-0.05, 0) is 19.9 Å². The number of carbonyl (C=O) groups is 1. The lowest BCUT2D eigenvalue weighted by atomic mass is 9.99. The summed E-state index contributed by atoms with van der Waals surface area (Å²) in [6, 6.07) is 0. The summed E-state index contributed by atoms with van der Waals surface area (Å²) >= 11 is 0. The van der Waals surface area contributed by atoms with Crippen LogP contribution in [0.3, 0.4) is 0 Å². The van der Waals surface area contributed by atoms with E-state index in [0.29, 0.717) is 13.0 Å². The number of likely N-dealkylation sites (N-methyl/N-ethyl adjacent to an activating group) is 1. The van der Waals surface area contributed by atoms with Crippen molar-refractivity contribution in [3.8, 4) is 0 Å². The third kappa shape index (κ3) is 4.26. The van der Waals surface area contributed by atoms with E-state index in [1.54, 1.807) is 6.92 Å². The smallest absolute Gasteiger partial charge is 0.239 e. The zero-order chi connectivity index (χ0) is 12.9. The van der Waals surface area contributed by atoms with Crippen LogP contribution in [0, 0.1) is 0 Å². The molecule has 2 unspecified atom stereocenters. The summed E-state index contributed by atoms with van der Waals surface area (Å²) in [5.41, 5.74) is 5.09. The van der Waals surface area contributed by atoms with Crippen LogP contribution in [-0.2, 0) is 9.53 Å². The molecule has 1 aliphatic rings. The number of morpholine rings is 1. The van der Waals surface area contributed by atoms with Gasteiger partial charge in [0.1, 0.15) is 0 Å². The molecule has 1 saturated heterocycles. The van der Waals surface area contributed by atoms with Crippen LogP contribution in [0.2, 0.25) is 0 Å². The predicted molar refractivity (Wildman–Crippen MR) is 67.7 cm³/mol. The number of nitrogens with zero attached hydrogens (tertiary/aromatic N) is 1. The summed E-state index contributed by atoms with van der Waals surface area (Å²) in [4.78, 5) is 14.1. The highest BCUT2D eigenvalue weighted by atomic mass is 16.5. The third-order valence-electron chi connectivity index (χ3n) is 3.41. The fourth-order valence-electron chi connectivity index (χ4n) is 1.76. The standard InChI is InChI=1S/C12H25N3O2/c1-4-12(3,13)11(16)14-8-10-9-15(5-2)6-7-17-10/h10H,4-9,13H2,1-3H3,(H,14,16). The Balaban J connectivity index is 2.33. The summed E-state index contributed by atoms with van der Waals surface area (Å²) in [6.07, 6.45) is 0.714. The molecule has 3 N–H and O–H groups in total. The number of rotatable bonds is 5. The minimum atomic E-state index is -0.779. The van der Waals surface area contributed by atoms with E-state index in [4.69, 9.17) is 10.5 Å². The van der Waals surface area contributed by atoms with Crippen LogP contribution in [-0.4, -0.2) is 55.2 Å². The van der Waals surface area contributed by atoms with Gasteiger partial charge in [-0.15, -0.1) is 0 Å². The summed E-state index contributed by atoms with van der Waals surface area (Å²) < 4.78 is 5.61. The number of ether oxygens (including phenoxy) is 1. The Hall–Kier alpha value is -0.650. The van der Waals surface area contributed by atoms with Crippen molar-refractivity contribution < 1.29 is 9.53 Å². The Morgan fingerprint density at radius 2 is 2.29 bits per heavy atom. The first-order valence-corrected chi connectivity index (χ1v) is 6.40. The second-order valence-corrected chi connectivity index (χ2v) is 4.87. The molecular formula is C12H25N3O2. The molecule has 5 nitrogen and oxygen atoms in total. The van der Waals surface area contributed by atoms with Gasteiger partial charge in [-0.2, -0.15) is 0 Å². The SMILES string of the molecule is CCN1CCOC(CNC(=O)C(C)(N)CC)C1. The monoisotopic (exact) mass is 243 g/mol. The lowest BCUT2D eigenvalue weighted by molar-refractivity contribution is -0.127. The van der Waals surface area contributed by atoms with Gasteiger partial charge in [0.25, 0.3) is 0 Å². The molecule has 0 spiro atoms. The van der Waals surface area contributed by atoms with E-state index >= 15 is 0 Å². The maximum absolute atomic E-state index is 11.8. The Labute approximate surface area is 104 Å². The molecule has 0 aromatic heterocycles. The highest BCUT2D eigenvalue weighted by molar-refractivity contribution is 5.85. The van der Waals surface area contributed by atoms with Crippen molar-refractivity contribution in [3.63, 3.8) is 0 Å². The lowest BCUT2D eigenvalue weighted by Crippen LogP contribution is -2.54. The number of nitrogens with one attached hydrogen (secondary N) is 1. The Morgan fingerprint density at radius 1 is 1.59 bits per heavy atom. The summed E-state index contributed by atoms with van der Waals surface area (Å²) in [7, 11) is 0. The van der Waals surface area contributed by atoms with Crippen LogP contribution >= 0.6 is 0 Å². The Bertz CT molecular complexity index is 256. The molecule has 17 heavy (non-hydrogen) atoms. The van der Waals surface area contributed by atoms with Gasteiger partial charge >= 0.3 is 0 Å². The summed E-state index contributed by atoms with van der Waals surface area (Å²) in [5.74, 6) is -0.0998. The minimum Gasteiger partial charge on any atom is -0.374 e. The van der Waals surface area contributed by atoms with Crippen molar-refractivity contribution in [1.82, 2.24) is 10.2 Å². The van der Waals surface area contributed by atoms with E-state index in [1.165, 1.54) is 0 Å². The molecule has 1 amide bonds. The average Bonchev–Trinajstić information content (AvgIpc) is 2.36. The van der Waals surface area contributed by atoms with Crippen LogP contribution in [0.15, 0.2) is 0 Å². The van der Waals surface area contributed by atoms with Gasteiger partial charge in [0.15, 0.2) is 0 Å². The zero-order valence-corrected chi connectivity index (χ0v) is 11.2. The van der Waals surface area contributed by atoms with Crippen LogP contribution in [0.25, 0.3) is 0 Å². The van der Waals surface area contributed by atoms with Crippen molar-refractivity contribution in [2.24, 2.45) is 5.73 Å². The van der Waals surface area contributed by atoms with Gasteiger partial charge in [0.2, 0.25) is 5.91 Å². The van der Waals surface area contributed by atoms with E-state index in [1.807, 2.05) is 6.92 Å². The normalized spacial score (nSPS) is 25.3. The molecule has 100 valence electrons. The quantitative estimate of drug-likeness (QED) is 0.710. The molecule has 0 saturated carbocycles. The summed E-state index contributed by atoms with van der Waals surface area (Å²) in [5, 5.41) is 2.87.